The van der Waals surface area contributed by atoms with Crippen LogP contribution in [0.25, 0.3) is 10.9 Å². The number of hydrogen-bond donors (Lipinski definition) is 2. The van der Waals surface area contributed by atoms with Crippen LogP contribution in [0.4, 0.5) is 15.8 Å². The molecule has 21 heavy (non-hydrogen) atoms. The minimum absolute atomic E-state index is 0.267. The topological polar surface area (TPSA) is 71.0 Å². The Morgan fingerprint density at radius 1 is 1.24 bits per heavy atom. The number of hydrogen-bond acceptors (Lipinski definition) is 3. The quantitative estimate of drug-likeness (QED) is 0.565. The predicted octanol–water partition coefficient (Wildman–Crippen LogP) is 3.83. The van der Waals surface area contributed by atoms with E-state index in [2.05, 4.69) is 10.3 Å². The molecular formula is C15H12FN3O2. The summed E-state index contributed by atoms with van der Waals surface area (Å²) in [5.74, 6) is -0.625. The zero-order valence-corrected chi connectivity index (χ0v) is 11.0. The minimum Gasteiger partial charge on any atom is -0.375 e. The van der Waals surface area contributed by atoms with E-state index in [1.54, 1.807) is 0 Å². The molecule has 0 spiro atoms. The lowest BCUT2D eigenvalue weighted by Crippen LogP contribution is -2.03. The molecule has 1 aromatic heterocycles. The fraction of sp³-hybridized carbons (Fsp3) is 0.0667. The highest BCUT2D eigenvalue weighted by Gasteiger charge is 2.14. The van der Waals surface area contributed by atoms with Crippen LogP contribution in [0.15, 0.2) is 48.7 Å². The minimum atomic E-state index is -0.625. The van der Waals surface area contributed by atoms with E-state index < -0.39 is 10.7 Å². The predicted molar refractivity (Wildman–Crippen MR) is 78.7 cm³/mol. The van der Waals surface area contributed by atoms with Gasteiger partial charge in [-0.1, -0.05) is 12.1 Å². The number of H-pyrrole nitrogens is 1. The Hall–Kier alpha value is -2.89. The average Bonchev–Trinajstić information content (AvgIpc) is 2.94. The molecule has 2 N–H and O–H groups in total. The molecule has 106 valence electrons. The number of aromatic amines is 1. The van der Waals surface area contributed by atoms with Crippen LogP contribution in [0.1, 0.15) is 5.56 Å². The van der Waals surface area contributed by atoms with Crippen molar-refractivity contribution in [1.29, 1.82) is 0 Å². The van der Waals surface area contributed by atoms with Gasteiger partial charge in [-0.3, -0.25) is 10.1 Å². The van der Waals surface area contributed by atoms with E-state index in [9.17, 15) is 14.5 Å². The molecule has 0 unspecified atom stereocenters. The van der Waals surface area contributed by atoms with Gasteiger partial charge >= 0.3 is 0 Å². The van der Waals surface area contributed by atoms with E-state index in [0.29, 0.717) is 12.2 Å². The standard InChI is InChI=1S/C15H12FN3O2/c16-11-4-5-14(15(8-11)19(20)21)18-9-10-2-1-3-13-12(10)6-7-17-13/h1-8,17-18H,9H2. The Morgan fingerprint density at radius 2 is 2.10 bits per heavy atom. The number of nitro benzene ring substituents is 1. The highest BCUT2D eigenvalue weighted by Crippen LogP contribution is 2.26. The zero-order valence-electron chi connectivity index (χ0n) is 11.0. The number of rotatable bonds is 4. The van der Waals surface area contributed by atoms with Crippen molar-refractivity contribution in [2.75, 3.05) is 5.32 Å². The molecule has 0 saturated carbocycles. The third-order valence-electron chi connectivity index (χ3n) is 3.31. The van der Waals surface area contributed by atoms with E-state index in [0.717, 1.165) is 22.5 Å². The largest absolute Gasteiger partial charge is 0.375 e. The van der Waals surface area contributed by atoms with E-state index in [1.807, 2.05) is 30.5 Å². The second kappa shape index (κ2) is 5.24. The monoisotopic (exact) mass is 285 g/mol. The van der Waals surface area contributed by atoms with Gasteiger partial charge in [0.15, 0.2) is 0 Å². The van der Waals surface area contributed by atoms with Gasteiger partial charge in [-0.15, -0.1) is 0 Å². The summed E-state index contributed by atoms with van der Waals surface area (Å²) in [7, 11) is 0. The third-order valence-corrected chi connectivity index (χ3v) is 3.31. The molecule has 0 bridgehead atoms. The molecule has 1 heterocycles. The molecule has 0 aliphatic carbocycles. The molecule has 0 atom stereocenters. The Bertz CT molecular complexity index is 814. The van der Waals surface area contributed by atoms with Crippen molar-refractivity contribution >= 4 is 22.3 Å². The number of fused-ring (bicyclic) bond motifs is 1. The zero-order chi connectivity index (χ0) is 14.8. The van der Waals surface area contributed by atoms with Gasteiger partial charge in [-0.05, 0) is 29.8 Å². The van der Waals surface area contributed by atoms with Crippen LogP contribution in [-0.4, -0.2) is 9.91 Å². The highest BCUT2D eigenvalue weighted by atomic mass is 19.1. The van der Waals surface area contributed by atoms with Gasteiger partial charge in [0.1, 0.15) is 11.5 Å². The fourth-order valence-corrected chi connectivity index (χ4v) is 2.30. The third kappa shape index (κ3) is 2.55. The summed E-state index contributed by atoms with van der Waals surface area (Å²) in [6.45, 7) is 0.418. The van der Waals surface area contributed by atoms with Crippen LogP contribution < -0.4 is 5.32 Å². The van der Waals surface area contributed by atoms with Crippen LogP contribution in [-0.2, 0) is 6.54 Å². The number of aromatic nitrogens is 1. The van der Waals surface area contributed by atoms with Crippen molar-refractivity contribution in [2.45, 2.75) is 6.54 Å². The summed E-state index contributed by atoms with van der Waals surface area (Å²) in [6.07, 6.45) is 1.84. The van der Waals surface area contributed by atoms with Gasteiger partial charge in [-0.2, -0.15) is 0 Å². The maximum absolute atomic E-state index is 13.1. The number of halogens is 1. The number of benzene rings is 2. The number of nitrogens with one attached hydrogen (secondary N) is 2. The molecule has 3 aromatic rings. The number of nitro groups is 1. The molecule has 3 rings (SSSR count). The van der Waals surface area contributed by atoms with Crippen molar-refractivity contribution in [1.82, 2.24) is 4.98 Å². The fourth-order valence-electron chi connectivity index (χ4n) is 2.30. The molecule has 0 radical (unpaired) electrons. The lowest BCUT2D eigenvalue weighted by molar-refractivity contribution is -0.384. The van der Waals surface area contributed by atoms with E-state index >= 15 is 0 Å². The lowest BCUT2D eigenvalue weighted by Gasteiger charge is -2.08. The lowest BCUT2D eigenvalue weighted by atomic mass is 10.1. The van der Waals surface area contributed by atoms with Crippen LogP contribution in [0.5, 0.6) is 0 Å². The molecule has 0 aliphatic rings. The summed E-state index contributed by atoms with van der Waals surface area (Å²) in [4.78, 5) is 13.5. The summed E-state index contributed by atoms with van der Waals surface area (Å²) >= 11 is 0. The van der Waals surface area contributed by atoms with Crippen molar-refractivity contribution < 1.29 is 9.31 Å². The van der Waals surface area contributed by atoms with E-state index in [4.69, 9.17) is 0 Å². The Balaban J connectivity index is 1.88. The van der Waals surface area contributed by atoms with Crippen LogP contribution in [0.3, 0.4) is 0 Å². The molecule has 2 aromatic carbocycles. The first kappa shape index (κ1) is 13.1. The molecule has 0 aliphatic heterocycles. The summed E-state index contributed by atoms with van der Waals surface area (Å²) in [6, 6.07) is 11.3. The first-order chi connectivity index (χ1) is 10.1. The Morgan fingerprint density at radius 3 is 2.90 bits per heavy atom. The van der Waals surface area contributed by atoms with Gasteiger partial charge in [0.25, 0.3) is 5.69 Å². The molecule has 0 saturated heterocycles. The van der Waals surface area contributed by atoms with Crippen molar-refractivity contribution in [3.8, 4) is 0 Å². The van der Waals surface area contributed by atoms with E-state index in [1.165, 1.54) is 12.1 Å². The number of anilines is 1. The van der Waals surface area contributed by atoms with Crippen molar-refractivity contribution in [3.05, 3.63) is 70.2 Å². The first-order valence-electron chi connectivity index (χ1n) is 6.38. The molecule has 0 amide bonds. The van der Waals surface area contributed by atoms with Gasteiger partial charge < -0.3 is 10.3 Å². The summed E-state index contributed by atoms with van der Waals surface area (Å²) in [5, 5.41) is 15.0. The molecule has 0 fully saturated rings. The van der Waals surface area contributed by atoms with Crippen LogP contribution >= 0.6 is 0 Å². The van der Waals surface area contributed by atoms with Crippen LogP contribution in [0.2, 0.25) is 0 Å². The highest BCUT2D eigenvalue weighted by molar-refractivity contribution is 5.83. The summed E-state index contributed by atoms with van der Waals surface area (Å²) < 4.78 is 13.1. The second-order valence-electron chi connectivity index (χ2n) is 4.63. The molecular weight excluding hydrogens is 273 g/mol. The first-order valence-corrected chi connectivity index (χ1v) is 6.38. The maximum atomic E-state index is 13.1. The van der Waals surface area contributed by atoms with Crippen molar-refractivity contribution in [2.24, 2.45) is 0 Å². The van der Waals surface area contributed by atoms with Gasteiger partial charge in [0, 0.05) is 23.6 Å². The van der Waals surface area contributed by atoms with Crippen molar-refractivity contribution in [3.63, 3.8) is 0 Å². The normalized spacial score (nSPS) is 10.7. The maximum Gasteiger partial charge on any atom is 0.295 e. The molecule has 5 nitrogen and oxygen atoms in total. The van der Waals surface area contributed by atoms with Gasteiger partial charge in [0.2, 0.25) is 0 Å². The van der Waals surface area contributed by atoms with Gasteiger partial charge in [-0.25, -0.2) is 4.39 Å². The number of nitrogens with zero attached hydrogens (tertiary/aromatic N) is 1. The smallest absolute Gasteiger partial charge is 0.295 e. The van der Waals surface area contributed by atoms with Gasteiger partial charge in [0.05, 0.1) is 11.0 Å². The second-order valence-corrected chi connectivity index (χ2v) is 4.63. The van der Waals surface area contributed by atoms with E-state index in [-0.39, 0.29) is 5.69 Å². The SMILES string of the molecule is O=[N+]([O-])c1cc(F)ccc1NCc1cccc2[nH]ccc12. The Kier molecular flexibility index (Phi) is 3.27. The summed E-state index contributed by atoms with van der Waals surface area (Å²) in [5.41, 5.74) is 2.04. The Labute approximate surface area is 119 Å². The average molecular weight is 285 g/mol. The molecule has 6 heteroatoms. The van der Waals surface area contributed by atoms with Crippen LogP contribution in [0, 0.1) is 15.9 Å².